The minimum Gasteiger partial charge on any atom is -0.277 e. The van der Waals surface area contributed by atoms with Crippen LogP contribution in [0.1, 0.15) is 0 Å². The second kappa shape index (κ2) is 4.69. The van der Waals surface area contributed by atoms with Crippen molar-refractivity contribution in [2.45, 2.75) is 24.4 Å². The van der Waals surface area contributed by atoms with Crippen molar-refractivity contribution in [3.05, 3.63) is 0 Å². The largest absolute Gasteiger partial charge is 0.636 e. The van der Waals surface area contributed by atoms with Crippen LogP contribution in [-0.2, 0) is 8.85 Å². The predicted molar refractivity (Wildman–Crippen MR) is 32.1 cm³/mol. The average Bonchev–Trinajstić information content (AvgIpc) is 1.92. The lowest BCUT2D eigenvalue weighted by Crippen LogP contribution is -2.65. The molecule has 0 amide bonds. The number of hydrogen-bond acceptors (Lipinski definition) is 2. The van der Waals surface area contributed by atoms with Gasteiger partial charge in [0.15, 0.2) is 0 Å². The zero-order chi connectivity index (χ0) is 15.9. The standard InChI is InChI=1S/C4F12O2Si/c5-1(6,7)2(8,9)19(16,17-3(10,11)12)18-4(13,14)15. The molecule has 0 aromatic heterocycles. The highest BCUT2D eigenvalue weighted by Crippen LogP contribution is 2.47. The maximum atomic E-state index is 12.8. The smallest absolute Gasteiger partial charge is 0.277 e. The summed E-state index contributed by atoms with van der Waals surface area (Å²) in [6.45, 7) is 0. The molecule has 0 N–H and O–H groups in total. The van der Waals surface area contributed by atoms with Crippen molar-refractivity contribution in [1.29, 1.82) is 0 Å². The number of rotatable bonds is 3. The molecular weight excluding hydrogens is 336 g/mol. The Morgan fingerprint density at radius 1 is 0.579 bits per heavy atom. The summed E-state index contributed by atoms with van der Waals surface area (Å²) in [6, 6.07) is 0. The maximum Gasteiger partial charge on any atom is 0.636 e. The Bertz CT molecular complexity index is 297. The summed E-state index contributed by atoms with van der Waals surface area (Å²) in [5.74, 6) is 0. The Hall–Kier alpha value is -0.703. The molecule has 0 aliphatic heterocycles. The van der Waals surface area contributed by atoms with E-state index in [0.29, 0.717) is 0 Å². The number of alkyl halides is 11. The van der Waals surface area contributed by atoms with Gasteiger partial charge in [-0.1, -0.05) is 0 Å². The van der Waals surface area contributed by atoms with Crippen molar-refractivity contribution >= 4 is 8.89 Å². The molecule has 0 rings (SSSR count). The Morgan fingerprint density at radius 3 is 1.00 bits per heavy atom. The molecule has 0 fully saturated rings. The quantitative estimate of drug-likeness (QED) is 0.444. The third-order valence-corrected chi connectivity index (χ3v) is 3.25. The molecular formula is C4F12O2Si. The van der Waals surface area contributed by atoms with Crippen molar-refractivity contribution in [2.24, 2.45) is 0 Å². The van der Waals surface area contributed by atoms with Gasteiger partial charge in [0, 0.05) is 0 Å². The van der Waals surface area contributed by atoms with Crippen LogP contribution in [0.5, 0.6) is 0 Å². The van der Waals surface area contributed by atoms with Crippen LogP contribution >= 0.6 is 0 Å². The van der Waals surface area contributed by atoms with Gasteiger partial charge in [-0.3, -0.25) is 8.85 Å². The minimum atomic E-state index is -8.59. The van der Waals surface area contributed by atoms with E-state index < -0.39 is 33.3 Å². The summed E-state index contributed by atoms with van der Waals surface area (Å²) in [5.41, 5.74) is -7.11. The van der Waals surface area contributed by atoms with Crippen LogP contribution in [0.15, 0.2) is 0 Å². The second-order valence-corrected chi connectivity index (χ2v) is 4.81. The predicted octanol–water partition coefficient (Wildman–Crippen LogP) is 3.70. The summed E-state index contributed by atoms with van der Waals surface area (Å²) < 4.78 is 145. The van der Waals surface area contributed by atoms with Crippen molar-refractivity contribution in [2.75, 3.05) is 0 Å². The van der Waals surface area contributed by atoms with Gasteiger partial charge in [-0.05, 0) is 0 Å². The summed E-state index contributed by atoms with van der Waals surface area (Å²) in [5, 5.41) is 0. The van der Waals surface area contributed by atoms with Gasteiger partial charge >= 0.3 is 33.3 Å². The Kier molecular flexibility index (Phi) is 4.52. The Labute approximate surface area is 95.8 Å². The van der Waals surface area contributed by atoms with E-state index >= 15 is 0 Å². The van der Waals surface area contributed by atoms with E-state index in [1.165, 1.54) is 0 Å². The summed E-state index contributed by atoms with van der Waals surface area (Å²) in [6.07, 6.45) is -20.2. The fourth-order valence-electron chi connectivity index (χ4n) is 0.616. The van der Waals surface area contributed by atoms with Gasteiger partial charge in [0.05, 0.1) is 0 Å². The molecule has 0 spiro atoms. The third-order valence-electron chi connectivity index (χ3n) is 1.23. The molecule has 116 valence electrons. The molecule has 0 aliphatic carbocycles. The van der Waals surface area contributed by atoms with E-state index in [9.17, 15) is 52.4 Å². The van der Waals surface area contributed by atoms with Crippen molar-refractivity contribution in [3.8, 4) is 0 Å². The average molecular weight is 336 g/mol. The van der Waals surface area contributed by atoms with Gasteiger partial charge < -0.3 is 0 Å². The number of hydrogen-bond donors (Lipinski definition) is 0. The van der Waals surface area contributed by atoms with E-state index in [1.807, 2.05) is 0 Å². The van der Waals surface area contributed by atoms with Crippen LogP contribution in [0.25, 0.3) is 0 Å². The molecule has 0 saturated carbocycles. The van der Waals surface area contributed by atoms with Crippen molar-refractivity contribution in [1.82, 2.24) is 0 Å². The summed E-state index contributed by atoms with van der Waals surface area (Å²) >= 11 is 0. The van der Waals surface area contributed by atoms with Crippen LogP contribution in [0.3, 0.4) is 0 Å². The number of halogens is 12. The molecule has 0 radical (unpaired) electrons. The first-order chi connectivity index (χ1) is 7.91. The first-order valence-corrected chi connectivity index (χ1v) is 5.28. The lowest BCUT2D eigenvalue weighted by molar-refractivity contribution is -0.355. The Morgan fingerprint density at radius 2 is 0.842 bits per heavy atom. The van der Waals surface area contributed by atoms with Crippen molar-refractivity contribution in [3.63, 3.8) is 0 Å². The van der Waals surface area contributed by atoms with Gasteiger partial charge in [-0.25, -0.2) is 4.11 Å². The summed E-state index contributed by atoms with van der Waals surface area (Å²) in [7, 11) is -8.59. The van der Waals surface area contributed by atoms with Gasteiger partial charge in [0.25, 0.3) is 0 Å². The van der Waals surface area contributed by atoms with Gasteiger partial charge in [-0.2, -0.15) is 22.0 Å². The maximum absolute atomic E-state index is 12.8. The van der Waals surface area contributed by atoms with Crippen LogP contribution in [0.4, 0.5) is 52.4 Å². The fourth-order valence-corrected chi connectivity index (χ4v) is 1.85. The van der Waals surface area contributed by atoms with Crippen LogP contribution in [-0.4, -0.2) is 33.3 Å². The van der Waals surface area contributed by atoms with Crippen LogP contribution < -0.4 is 0 Å². The lowest BCUT2D eigenvalue weighted by Gasteiger charge is -2.31. The van der Waals surface area contributed by atoms with Gasteiger partial charge in [-0.15, -0.1) is 26.3 Å². The zero-order valence-corrected chi connectivity index (χ0v) is 8.85. The van der Waals surface area contributed by atoms with Crippen molar-refractivity contribution < 1.29 is 61.3 Å². The molecule has 0 bridgehead atoms. The molecule has 0 aliphatic rings. The fraction of sp³-hybridized carbons (Fsp3) is 1.00. The molecule has 0 saturated heterocycles. The molecule has 0 unspecified atom stereocenters. The zero-order valence-electron chi connectivity index (χ0n) is 7.85. The van der Waals surface area contributed by atoms with Crippen LogP contribution in [0.2, 0.25) is 0 Å². The van der Waals surface area contributed by atoms with E-state index in [0.717, 1.165) is 0 Å². The van der Waals surface area contributed by atoms with E-state index in [-0.39, 0.29) is 0 Å². The van der Waals surface area contributed by atoms with Gasteiger partial charge in [0.1, 0.15) is 0 Å². The molecule has 15 heteroatoms. The Balaban J connectivity index is 5.65. The van der Waals surface area contributed by atoms with E-state index in [2.05, 4.69) is 0 Å². The van der Waals surface area contributed by atoms with E-state index in [1.54, 1.807) is 8.85 Å². The second-order valence-electron chi connectivity index (χ2n) is 2.70. The third kappa shape index (κ3) is 4.72. The summed E-state index contributed by atoms with van der Waals surface area (Å²) in [4.78, 5) is 0. The van der Waals surface area contributed by atoms with E-state index in [4.69, 9.17) is 0 Å². The molecule has 0 aromatic rings. The minimum absolute atomic E-state index is 1.65. The molecule has 0 aromatic carbocycles. The highest BCUT2D eigenvalue weighted by molar-refractivity contribution is 6.63. The topological polar surface area (TPSA) is 18.5 Å². The highest BCUT2D eigenvalue weighted by Gasteiger charge is 2.83. The molecule has 19 heavy (non-hydrogen) atoms. The first-order valence-electron chi connectivity index (χ1n) is 3.58. The van der Waals surface area contributed by atoms with Crippen LogP contribution in [0, 0.1) is 0 Å². The first kappa shape index (κ1) is 18.3. The van der Waals surface area contributed by atoms with Gasteiger partial charge in [0.2, 0.25) is 0 Å². The SMILES string of the molecule is FC(F)(F)O[Si](F)(OC(F)(F)F)C(F)(F)C(F)(F)F. The molecule has 0 atom stereocenters. The normalized spacial score (nSPS) is 15.8. The highest BCUT2D eigenvalue weighted by atomic mass is 28.4. The molecule has 0 heterocycles. The monoisotopic (exact) mass is 336 g/mol. The molecule has 2 nitrogen and oxygen atoms in total. The lowest BCUT2D eigenvalue weighted by atomic mass is 10.7.